The summed E-state index contributed by atoms with van der Waals surface area (Å²) < 4.78 is 9.57. The van der Waals surface area contributed by atoms with E-state index in [9.17, 15) is 9.59 Å². The van der Waals surface area contributed by atoms with Gasteiger partial charge in [-0.25, -0.2) is 4.79 Å². The maximum Gasteiger partial charge on any atom is 0.328 e. The maximum atomic E-state index is 11.9. The highest BCUT2D eigenvalue weighted by atomic mass is 35.5. The van der Waals surface area contributed by atoms with Gasteiger partial charge in [0.15, 0.2) is 0 Å². The van der Waals surface area contributed by atoms with Gasteiger partial charge in [0.05, 0.1) is 19.8 Å². The summed E-state index contributed by atoms with van der Waals surface area (Å²) in [5, 5.41) is 2.91. The second-order valence-electron chi connectivity index (χ2n) is 3.56. The molecule has 1 aromatic rings. The van der Waals surface area contributed by atoms with E-state index in [-0.39, 0.29) is 5.56 Å². The largest absolute Gasteiger partial charge is 0.496 e. The highest BCUT2D eigenvalue weighted by Crippen LogP contribution is 2.22. The lowest BCUT2D eigenvalue weighted by Crippen LogP contribution is -2.39. The monoisotopic (exact) mass is 271 g/mol. The first-order valence-corrected chi connectivity index (χ1v) is 5.59. The van der Waals surface area contributed by atoms with Crippen molar-refractivity contribution < 1.29 is 19.1 Å². The lowest BCUT2D eigenvalue weighted by atomic mass is 10.1. The van der Waals surface area contributed by atoms with Crippen LogP contribution in [-0.4, -0.2) is 32.1 Å². The first-order valence-electron chi connectivity index (χ1n) is 5.21. The molecule has 0 aliphatic rings. The average molecular weight is 272 g/mol. The predicted octanol–water partition coefficient (Wildman–Crippen LogP) is 1.64. The van der Waals surface area contributed by atoms with Gasteiger partial charge in [-0.05, 0) is 25.1 Å². The van der Waals surface area contributed by atoms with Crippen LogP contribution < -0.4 is 10.1 Å². The normalized spacial score (nSPS) is 11.6. The van der Waals surface area contributed by atoms with Gasteiger partial charge in [0.25, 0.3) is 5.91 Å². The summed E-state index contributed by atoms with van der Waals surface area (Å²) in [5.41, 5.74) is 0.265. The van der Waals surface area contributed by atoms with Crippen molar-refractivity contribution in [3.05, 3.63) is 28.8 Å². The highest BCUT2D eigenvalue weighted by Gasteiger charge is 2.19. The fourth-order valence-electron chi connectivity index (χ4n) is 1.37. The minimum atomic E-state index is -0.744. The summed E-state index contributed by atoms with van der Waals surface area (Å²) in [6, 6.07) is 3.92. The van der Waals surface area contributed by atoms with E-state index in [0.717, 1.165) is 0 Å². The van der Waals surface area contributed by atoms with Crippen molar-refractivity contribution in [3.63, 3.8) is 0 Å². The fourth-order valence-corrected chi connectivity index (χ4v) is 1.54. The number of amides is 1. The number of halogens is 1. The summed E-state index contributed by atoms with van der Waals surface area (Å²) >= 11 is 5.82. The summed E-state index contributed by atoms with van der Waals surface area (Å²) in [6.07, 6.45) is 0. The highest BCUT2D eigenvalue weighted by molar-refractivity contribution is 6.31. The Morgan fingerprint density at radius 3 is 2.56 bits per heavy atom. The smallest absolute Gasteiger partial charge is 0.328 e. The van der Waals surface area contributed by atoms with Crippen molar-refractivity contribution in [2.45, 2.75) is 13.0 Å². The topological polar surface area (TPSA) is 64.6 Å². The molecule has 0 aliphatic carbocycles. The molecule has 0 aliphatic heterocycles. The molecule has 0 radical (unpaired) electrons. The summed E-state index contributed by atoms with van der Waals surface area (Å²) in [7, 11) is 2.70. The summed E-state index contributed by atoms with van der Waals surface area (Å²) in [6.45, 7) is 1.53. The van der Waals surface area contributed by atoms with Crippen molar-refractivity contribution in [1.82, 2.24) is 5.32 Å². The average Bonchev–Trinajstić information content (AvgIpc) is 2.37. The Balaban J connectivity index is 2.90. The van der Waals surface area contributed by atoms with Crippen LogP contribution in [0.4, 0.5) is 0 Å². The second-order valence-corrected chi connectivity index (χ2v) is 4.00. The molecule has 0 fully saturated rings. The lowest BCUT2D eigenvalue weighted by Gasteiger charge is -2.13. The van der Waals surface area contributed by atoms with Gasteiger partial charge < -0.3 is 14.8 Å². The first-order chi connectivity index (χ1) is 8.49. The van der Waals surface area contributed by atoms with E-state index >= 15 is 0 Å². The van der Waals surface area contributed by atoms with E-state index in [2.05, 4.69) is 10.1 Å². The second kappa shape index (κ2) is 6.26. The van der Waals surface area contributed by atoms with Crippen LogP contribution in [0.5, 0.6) is 5.75 Å². The number of hydrogen-bond acceptors (Lipinski definition) is 4. The molecule has 98 valence electrons. The Kier molecular flexibility index (Phi) is 4.97. The molecule has 1 aromatic carbocycles. The van der Waals surface area contributed by atoms with Gasteiger partial charge in [0.2, 0.25) is 0 Å². The van der Waals surface area contributed by atoms with Crippen LogP contribution in [0, 0.1) is 0 Å². The molecular weight excluding hydrogens is 258 g/mol. The molecule has 1 atom stereocenters. The molecule has 0 unspecified atom stereocenters. The van der Waals surface area contributed by atoms with Gasteiger partial charge in [-0.15, -0.1) is 0 Å². The number of ether oxygens (including phenoxy) is 2. The molecule has 0 bridgehead atoms. The van der Waals surface area contributed by atoms with E-state index in [4.69, 9.17) is 16.3 Å². The molecule has 0 spiro atoms. The van der Waals surface area contributed by atoms with Crippen LogP contribution in [0.25, 0.3) is 0 Å². The van der Waals surface area contributed by atoms with Gasteiger partial charge in [0, 0.05) is 5.02 Å². The van der Waals surface area contributed by atoms with E-state index in [1.165, 1.54) is 27.2 Å². The number of carbonyl (C=O) groups is 2. The maximum absolute atomic E-state index is 11.9. The number of hydrogen-bond donors (Lipinski definition) is 1. The van der Waals surface area contributed by atoms with E-state index in [1.54, 1.807) is 12.1 Å². The van der Waals surface area contributed by atoms with Crippen LogP contribution in [0.3, 0.4) is 0 Å². The van der Waals surface area contributed by atoms with Crippen molar-refractivity contribution in [2.24, 2.45) is 0 Å². The third kappa shape index (κ3) is 3.37. The molecule has 1 amide bonds. The number of rotatable bonds is 4. The van der Waals surface area contributed by atoms with Crippen molar-refractivity contribution >= 4 is 23.5 Å². The number of esters is 1. The Morgan fingerprint density at radius 2 is 2.00 bits per heavy atom. The first kappa shape index (κ1) is 14.3. The zero-order chi connectivity index (χ0) is 13.7. The molecule has 0 aromatic heterocycles. The molecule has 18 heavy (non-hydrogen) atoms. The van der Waals surface area contributed by atoms with Crippen LogP contribution in [0.15, 0.2) is 18.2 Å². The molecule has 0 saturated heterocycles. The molecule has 0 heterocycles. The quantitative estimate of drug-likeness (QED) is 0.846. The SMILES string of the molecule is COC(=O)[C@H](C)NC(=O)c1cc(Cl)ccc1OC. The molecule has 1 N–H and O–H groups in total. The molecule has 5 nitrogen and oxygen atoms in total. The van der Waals surface area contributed by atoms with Crippen molar-refractivity contribution in [2.75, 3.05) is 14.2 Å². The molecule has 6 heteroatoms. The number of carbonyl (C=O) groups excluding carboxylic acids is 2. The van der Waals surface area contributed by atoms with Crippen LogP contribution >= 0.6 is 11.6 Å². The number of methoxy groups -OCH3 is 2. The standard InChI is InChI=1S/C12H14ClNO4/c1-7(12(16)18-3)14-11(15)9-6-8(13)4-5-10(9)17-2/h4-7H,1-3H3,(H,14,15)/t7-/m0/s1. The molecule has 1 rings (SSSR count). The van der Waals surface area contributed by atoms with Gasteiger partial charge >= 0.3 is 5.97 Å². The Morgan fingerprint density at radius 1 is 1.33 bits per heavy atom. The number of benzene rings is 1. The minimum Gasteiger partial charge on any atom is -0.496 e. The lowest BCUT2D eigenvalue weighted by molar-refractivity contribution is -0.142. The van der Waals surface area contributed by atoms with Crippen LogP contribution in [-0.2, 0) is 9.53 Å². The molecular formula is C12H14ClNO4. The fraction of sp³-hybridized carbons (Fsp3) is 0.333. The Labute approximate surface area is 110 Å². The van der Waals surface area contributed by atoms with Gasteiger partial charge in [-0.1, -0.05) is 11.6 Å². The van der Waals surface area contributed by atoms with Crippen molar-refractivity contribution in [1.29, 1.82) is 0 Å². The van der Waals surface area contributed by atoms with E-state index in [0.29, 0.717) is 10.8 Å². The predicted molar refractivity (Wildman–Crippen MR) is 66.9 cm³/mol. The van der Waals surface area contributed by atoms with Crippen molar-refractivity contribution in [3.8, 4) is 5.75 Å². The third-order valence-electron chi connectivity index (χ3n) is 2.31. The van der Waals surface area contributed by atoms with E-state index in [1.807, 2.05) is 0 Å². The summed E-state index contributed by atoms with van der Waals surface area (Å²) in [4.78, 5) is 23.2. The third-order valence-corrected chi connectivity index (χ3v) is 2.54. The molecule has 0 saturated carbocycles. The Bertz CT molecular complexity index is 461. The van der Waals surface area contributed by atoms with Gasteiger partial charge in [0.1, 0.15) is 11.8 Å². The van der Waals surface area contributed by atoms with Gasteiger partial charge in [-0.3, -0.25) is 4.79 Å². The minimum absolute atomic E-state index is 0.265. The van der Waals surface area contributed by atoms with E-state index < -0.39 is 17.9 Å². The van der Waals surface area contributed by atoms with Crippen LogP contribution in [0.1, 0.15) is 17.3 Å². The Hall–Kier alpha value is -1.75. The summed E-state index contributed by atoms with van der Waals surface area (Å²) in [5.74, 6) is -0.592. The zero-order valence-electron chi connectivity index (χ0n) is 10.3. The van der Waals surface area contributed by atoms with Gasteiger partial charge in [-0.2, -0.15) is 0 Å². The van der Waals surface area contributed by atoms with Crippen LogP contribution in [0.2, 0.25) is 5.02 Å². The zero-order valence-corrected chi connectivity index (χ0v) is 11.1. The number of nitrogens with one attached hydrogen (secondary N) is 1.